The molecule has 0 aliphatic rings. The molecule has 9 nitrogen and oxygen atoms in total. The van der Waals surface area contributed by atoms with Gasteiger partial charge in [0.2, 0.25) is 0 Å². The molecule has 3 aromatic rings. The Morgan fingerprint density at radius 2 is 1.26 bits per heavy atom. The van der Waals surface area contributed by atoms with Crippen molar-refractivity contribution in [1.82, 2.24) is 29.9 Å². The van der Waals surface area contributed by atoms with Gasteiger partial charge in [0.1, 0.15) is 22.6 Å². The second-order valence-electron chi connectivity index (χ2n) is 6.38. The third-order valence-electron chi connectivity index (χ3n) is 3.22. The van der Waals surface area contributed by atoms with E-state index in [0.717, 1.165) is 26.5 Å². The van der Waals surface area contributed by atoms with Crippen molar-refractivity contribution in [3.8, 4) is 0 Å². The standard InChI is InChI=1S/C6H6ClIN2.C6H7IN2O.C6H8N2O.Cl3OP/c1-3-5(8)6(7)10-4(2)9-3;1-3-5(7)6(10)9-4(2)8-3;1-4-3-6(9)8-5(2)7-4;1-5(2,3)4/h1-2H3;1-2H3,(H,8,9,10);3H,1-2H3,(H,7,8,9);. The van der Waals surface area contributed by atoms with E-state index >= 15 is 0 Å². The van der Waals surface area contributed by atoms with Crippen molar-refractivity contribution >= 4 is 95.7 Å². The third-order valence-corrected chi connectivity index (χ3v) is 6.38. The number of hydrogen-bond acceptors (Lipinski definition) is 7. The van der Waals surface area contributed by atoms with Crippen LogP contribution < -0.4 is 11.1 Å². The normalized spacial score (nSPS) is 10.1. The van der Waals surface area contributed by atoms with Gasteiger partial charge in [-0.3, -0.25) is 14.2 Å². The second kappa shape index (κ2) is 15.7. The molecular formula is C18H21Cl4I2N6O3P. The Bertz CT molecular complexity index is 1230. The molecule has 2 N–H and O–H groups in total. The van der Waals surface area contributed by atoms with E-state index in [4.69, 9.17) is 11.6 Å². The van der Waals surface area contributed by atoms with Crippen molar-refractivity contribution in [2.75, 3.05) is 0 Å². The summed E-state index contributed by atoms with van der Waals surface area (Å²) in [5, 5.41) is -2.68. The van der Waals surface area contributed by atoms with Gasteiger partial charge in [-0.2, -0.15) is 0 Å². The summed E-state index contributed by atoms with van der Waals surface area (Å²) in [5.41, 5.74) is 2.36. The Morgan fingerprint density at radius 1 is 0.794 bits per heavy atom. The molecule has 0 amide bonds. The van der Waals surface area contributed by atoms with E-state index in [1.165, 1.54) is 6.07 Å². The summed E-state index contributed by atoms with van der Waals surface area (Å²) < 4.78 is 11.1. The maximum atomic E-state index is 11.0. The lowest BCUT2D eigenvalue weighted by Crippen LogP contribution is -2.14. The van der Waals surface area contributed by atoms with E-state index in [-0.39, 0.29) is 11.1 Å². The average Bonchev–Trinajstić information content (AvgIpc) is 2.62. The zero-order valence-electron chi connectivity index (χ0n) is 18.8. The monoisotopic (exact) mass is 794 g/mol. The minimum absolute atomic E-state index is 0.0504. The molecule has 0 saturated heterocycles. The molecule has 3 heterocycles. The Hall–Kier alpha value is -0.310. The van der Waals surface area contributed by atoms with Crippen LogP contribution in [0.4, 0.5) is 0 Å². The fraction of sp³-hybridized carbons (Fsp3) is 0.333. The number of aromatic nitrogens is 6. The first kappa shape index (κ1) is 33.7. The quantitative estimate of drug-likeness (QED) is 0.150. The van der Waals surface area contributed by atoms with Crippen LogP contribution in [0.1, 0.15) is 34.6 Å². The summed E-state index contributed by atoms with van der Waals surface area (Å²) >= 11 is 23.7. The molecule has 0 aliphatic heterocycles. The van der Waals surface area contributed by atoms with Crippen molar-refractivity contribution in [1.29, 1.82) is 0 Å². The van der Waals surface area contributed by atoms with Crippen molar-refractivity contribution in [3.05, 3.63) is 73.6 Å². The highest BCUT2D eigenvalue weighted by atomic mass is 127. The van der Waals surface area contributed by atoms with E-state index in [1.807, 2.05) is 43.4 Å². The van der Waals surface area contributed by atoms with E-state index in [1.54, 1.807) is 20.8 Å². The van der Waals surface area contributed by atoms with Crippen molar-refractivity contribution in [3.63, 3.8) is 0 Å². The van der Waals surface area contributed by atoms with Crippen molar-refractivity contribution in [2.24, 2.45) is 0 Å². The fourth-order valence-corrected chi connectivity index (χ4v) is 2.85. The first-order chi connectivity index (χ1) is 15.4. The number of aryl methyl sites for hydroxylation is 6. The lowest BCUT2D eigenvalue weighted by molar-refractivity contribution is 0.600. The van der Waals surface area contributed by atoms with Crippen molar-refractivity contribution < 1.29 is 4.57 Å². The summed E-state index contributed by atoms with van der Waals surface area (Å²) in [4.78, 5) is 42.9. The highest BCUT2D eigenvalue weighted by molar-refractivity contribution is 14.1. The topological polar surface area (TPSA) is 134 Å². The number of hydrogen-bond donors (Lipinski definition) is 2. The van der Waals surface area contributed by atoms with Crippen LogP contribution in [0.3, 0.4) is 0 Å². The summed E-state index contributed by atoms with van der Waals surface area (Å²) in [6, 6.07) is 1.47. The molecule has 3 rings (SSSR count). The maximum absolute atomic E-state index is 11.0. The van der Waals surface area contributed by atoms with E-state index in [0.29, 0.717) is 20.4 Å². The number of nitrogens with one attached hydrogen (secondary N) is 2. The molecule has 0 atom stereocenters. The van der Waals surface area contributed by atoms with Gasteiger partial charge >= 0.3 is 5.20 Å². The number of halogens is 6. The zero-order valence-corrected chi connectivity index (χ0v) is 27.0. The van der Waals surface area contributed by atoms with Gasteiger partial charge < -0.3 is 9.97 Å². The smallest absolute Gasteiger partial charge is 0.311 e. The summed E-state index contributed by atoms with van der Waals surface area (Å²) in [5.74, 6) is 2.06. The van der Waals surface area contributed by atoms with Gasteiger partial charge in [0.15, 0.2) is 0 Å². The van der Waals surface area contributed by atoms with Gasteiger partial charge in [-0.15, -0.1) is 0 Å². The predicted octanol–water partition coefficient (Wildman–Crippen LogP) is 6.54. The molecule has 0 radical (unpaired) electrons. The number of H-pyrrole nitrogens is 2. The van der Waals surface area contributed by atoms with Crippen LogP contribution in [0.25, 0.3) is 0 Å². The van der Waals surface area contributed by atoms with Crippen LogP contribution in [0.5, 0.6) is 0 Å². The summed E-state index contributed by atoms with van der Waals surface area (Å²) in [6.07, 6.45) is 0. The van der Waals surface area contributed by atoms with Gasteiger partial charge in [-0.05, 0) is 120 Å². The van der Waals surface area contributed by atoms with E-state index < -0.39 is 5.20 Å². The molecule has 0 bridgehead atoms. The molecule has 0 aliphatic carbocycles. The molecule has 0 fully saturated rings. The Morgan fingerprint density at radius 3 is 1.68 bits per heavy atom. The van der Waals surface area contributed by atoms with Gasteiger partial charge in [-0.1, -0.05) is 11.6 Å². The van der Waals surface area contributed by atoms with Crippen LogP contribution in [-0.2, 0) is 4.57 Å². The van der Waals surface area contributed by atoms with Crippen molar-refractivity contribution in [2.45, 2.75) is 41.5 Å². The summed E-state index contributed by atoms with van der Waals surface area (Å²) in [6.45, 7) is 10.9. The van der Waals surface area contributed by atoms with Crippen LogP contribution >= 0.6 is 95.7 Å². The maximum Gasteiger partial charge on any atom is 0.339 e. The van der Waals surface area contributed by atoms with Gasteiger partial charge in [0.05, 0.1) is 18.5 Å². The Labute approximate surface area is 243 Å². The van der Waals surface area contributed by atoms with Gasteiger partial charge in [-0.25, -0.2) is 19.9 Å². The third kappa shape index (κ3) is 15.6. The minimum Gasteiger partial charge on any atom is -0.311 e. The first-order valence-corrected chi connectivity index (χ1v) is 16.0. The molecule has 34 heavy (non-hydrogen) atoms. The van der Waals surface area contributed by atoms with Crippen LogP contribution in [-0.4, -0.2) is 29.9 Å². The lowest BCUT2D eigenvalue weighted by atomic mass is 10.4. The average molecular weight is 796 g/mol. The first-order valence-electron chi connectivity index (χ1n) is 9.03. The van der Waals surface area contributed by atoms with Crippen LogP contribution in [0.2, 0.25) is 5.15 Å². The SMILES string of the molecule is Cc1cc(=O)[nH]c(C)n1.Cc1nc(C)c(I)c(=O)[nH]1.Cc1nc(C)c(I)c(Cl)n1.O=P(Cl)(Cl)Cl. The molecule has 0 aromatic carbocycles. The number of aromatic amines is 2. The molecule has 188 valence electrons. The molecule has 0 saturated carbocycles. The lowest BCUT2D eigenvalue weighted by Gasteiger charge is -1.99. The molecular weight excluding hydrogens is 775 g/mol. The second-order valence-corrected chi connectivity index (χ2v) is 15.5. The zero-order chi connectivity index (χ0) is 26.8. The van der Waals surface area contributed by atoms with E-state index in [9.17, 15) is 14.2 Å². The highest BCUT2D eigenvalue weighted by Crippen LogP contribution is 2.61. The minimum atomic E-state index is -3.22. The molecule has 16 heteroatoms. The van der Waals surface area contributed by atoms with E-state index in [2.05, 4.69) is 86.2 Å². The number of rotatable bonds is 0. The fourth-order valence-electron chi connectivity index (χ4n) is 2.10. The van der Waals surface area contributed by atoms with Gasteiger partial charge in [0.25, 0.3) is 11.1 Å². The summed E-state index contributed by atoms with van der Waals surface area (Å²) in [7, 11) is 0. The van der Waals surface area contributed by atoms with Gasteiger partial charge in [0, 0.05) is 11.8 Å². The largest absolute Gasteiger partial charge is 0.339 e. The predicted molar refractivity (Wildman–Crippen MR) is 156 cm³/mol. The highest BCUT2D eigenvalue weighted by Gasteiger charge is 2.03. The molecule has 0 spiro atoms. The molecule has 0 unspecified atom stereocenters. The van der Waals surface area contributed by atoms with Crippen LogP contribution in [0.15, 0.2) is 15.7 Å². The Balaban J connectivity index is 0.000000439. The Kier molecular flexibility index (Phi) is 15.6. The van der Waals surface area contributed by atoms with Crippen LogP contribution in [0, 0.1) is 48.7 Å². The molecule has 3 aromatic heterocycles. The number of nitrogens with zero attached hydrogens (tertiary/aromatic N) is 4.